The minimum Gasteiger partial charge on any atom is -0.399 e. The highest BCUT2D eigenvalue weighted by atomic mass is 32.1. The fourth-order valence-corrected chi connectivity index (χ4v) is 2.99. The Kier molecular flexibility index (Phi) is 3.39. The van der Waals surface area contributed by atoms with Gasteiger partial charge in [-0.1, -0.05) is 0 Å². The van der Waals surface area contributed by atoms with Crippen LogP contribution in [0.1, 0.15) is 29.6 Å². The number of nitrogen functional groups attached to an aromatic ring is 1. The molecule has 1 amide bonds. The molecule has 0 atom stereocenters. The average molecular weight is 300 g/mol. The highest BCUT2D eigenvalue weighted by molar-refractivity contribution is 7.20. The zero-order valence-corrected chi connectivity index (χ0v) is 12.6. The molecule has 0 aliphatic heterocycles. The Morgan fingerprint density at radius 1 is 1.38 bits per heavy atom. The van der Waals surface area contributed by atoms with E-state index >= 15 is 0 Å². The van der Waals surface area contributed by atoms with Crippen molar-refractivity contribution < 1.29 is 4.79 Å². The third-order valence-electron chi connectivity index (χ3n) is 3.15. The first-order valence-electron chi connectivity index (χ1n) is 6.67. The fraction of sp³-hybridized carbons (Fsp3) is 0.200. The third-order valence-corrected chi connectivity index (χ3v) is 4.27. The van der Waals surface area contributed by atoms with Crippen LogP contribution in [0.15, 0.2) is 36.7 Å². The number of thiophene rings is 1. The van der Waals surface area contributed by atoms with E-state index in [1.807, 2.05) is 44.3 Å². The Morgan fingerprint density at radius 2 is 2.19 bits per heavy atom. The molecule has 2 aromatic heterocycles. The third kappa shape index (κ3) is 2.75. The predicted octanol–water partition coefficient (Wildman–Crippen LogP) is 3.51. The molecule has 0 aliphatic rings. The lowest BCUT2D eigenvalue weighted by Gasteiger charge is -2.03. The van der Waals surface area contributed by atoms with Crippen LogP contribution >= 0.6 is 11.3 Å². The first kappa shape index (κ1) is 13.6. The van der Waals surface area contributed by atoms with Crippen molar-refractivity contribution in [1.82, 2.24) is 9.78 Å². The van der Waals surface area contributed by atoms with Gasteiger partial charge in [-0.25, -0.2) is 0 Å². The Labute approximate surface area is 126 Å². The number of nitrogens with two attached hydrogens (primary N) is 1. The largest absolute Gasteiger partial charge is 0.399 e. The van der Waals surface area contributed by atoms with Crippen molar-refractivity contribution in [3.8, 4) is 0 Å². The molecule has 3 N–H and O–H groups in total. The number of anilines is 2. The van der Waals surface area contributed by atoms with Gasteiger partial charge in [0, 0.05) is 22.6 Å². The number of amides is 1. The Hall–Kier alpha value is -2.34. The molecule has 0 aliphatic carbocycles. The van der Waals surface area contributed by atoms with E-state index in [4.69, 9.17) is 5.73 Å². The molecule has 0 fully saturated rings. The Balaban J connectivity index is 1.82. The molecule has 0 saturated carbocycles. The van der Waals surface area contributed by atoms with Crippen LogP contribution in [-0.4, -0.2) is 15.7 Å². The van der Waals surface area contributed by atoms with E-state index in [1.165, 1.54) is 11.3 Å². The second-order valence-corrected chi connectivity index (χ2v) is 6.25. The second-order valence-electron chi connectivity index (χ2n) is 5.16. The van der Waals surface area contributed by atoms with Crippen LogP contribution in [0, 0.1) is 0 Å². The van der Waals surface area contributed by atoms with Crippen molar-refractivity contribution in [3.63, 3.8) is 0 Å². The normalized spacial score (nSPS) is 11.2. The minimum atomic E-state index is -0.127. The number of nitrogens with one attached hydrogen (secondary N) is 1. The molecule has 3 rings (SSSR count). The van der Waals surface area contributed by atoms with Gasteiger partial charge < -0.3 is 11.1 Å². The summed E-state index contributed by atoms with van der Waals surface area (Å²) in [7, 11) is 0. The highest BCUT2D eigenvalue weighted by Gasteiger charge is 2.12. The topological polar surface area (TPSA) is 72.9 Å². The first-order chi connectivity index (χ1) is 10.0. The highest BCUT2D eigenvalue weighted by Crippen LogP contribution is 2.27. The molecular formula is C15H16N4OS. The van der Waals surface area contributed by atoms with E-state index in [2.05, 4.69) is 10.4 Å². The van der Waals surface area contributed by atoms with Gasteiger partial charge in [0.2, 0.25) is 0 Å². The number of hydrogen-bond donors (Lipinski definition) is 2. The van der Waals surface area contributed by atoms with E-state index in [0.29, 0.717) is 16.3 Å². The molecule has 2 heterocycles. The summed E-state index contributed by atoms with van der Waals surface area (Å²) in [6, 6.07) is 7.77. The monoisotopic (exact) mass is 300 g/mol. The van der Waals surface area contributed by atoms with Crippen LogP contribution in [-0.2, 0) is 0 Å². The number of fused-ring (bicyclic) bond motifs is 1. The lowest BCUT2D eigenvalue weighted by molar-refractivity contribution is 0.103. The van der Waals surface area contributed by atoms with E-state index < -0.39 is 0 Å². The molecule has 3 aromatic rings. The summed E-state index contributed by atoms with van der Waals surface area (Å²) < 4.78 is 2.86. The smallest absolute Gasteiger partial charge is 0.265 e. The molecule has 1 aromatic carbocycles. The summed E-state index contributed by atoms with van der Waals surface area (Å²) in [4.78, 5) is 12.9. The SMILES string of the molecule is CC(C)n1cc(NC(=O)c2cc3cc(N)ccc3s2)cn1. The maximum Gasteiger partial charge on any atom is 0.265 e. The molecule has 21 heavy (non-hydrogen) atoms. The summed E-state index contributed by atoms with van der Waals surface area (Å²) in [5.74, 6) is -0.127. The second kappa shape index (κ2) is 5.21. The van der Waals surface area contributed by atoms with E-state index in [0.717, 1.165) is 10.1 Å². The lowest BCUT2D eigenvalue weighted by Crippen LogP contribution is -2.09. The quantitative estimate of drug-likeness (QED) is 0.727. The van der Waals surface area contributed by atoms with Gasteiger partial charge in [0.15, 0.2) is 0 Å². The summed E-state index contributed by atoms with van der Waals surface area (Å²) >= 11 is 1.45. The number of benzene rings is 1. The van der Waals surface area contributed by atoms with Gasteiger partial charge in [-0.05, 0) is 43.5 Å². The molecule has 6 heteroatoms. The molecule has 5 nitrogen and oxygen atoms in total. The van der Waals surface area contributed by atoms with E-state index in [1.54, 1.807) is 10.9 Å². The van der Waals surface area contributed by atoms with E-state index in [-0.39, 0.29) is 11.9 Å². The Bertz CT molecular complexity index is 803. The number of nitrogens with zero attached hydrogens (tertiary/aromatic N) is 2. The van der Waals surface area contributed by atoms with Crippen molar-refractivity contribution in [3.05, 3.63) is 41.5 Å². The zero-order chi connectivity index (χ0) is 15.0. The van der Waals surface area contributed by atoms with Gasteiger partial charge in [-0.3, -0.25) is 9.48 Å². The molecule has 0 bridgehead atoms. The zero-order valence-electron chi connectivity index (χ0n) is 11.8. The number of hydrogen-bond acceptors (Lipinski definition) is 4. The maximum atomic E-state index is 12.3. The lowest BCUT2D eigenvalue weighted by atomic mass is 10.2. The van der Waals surface area contributed by atoms with Crippen LogP contribution < -0.4 is 11.1 Å². The number of rotatable bonds is 3. The van der Waals surface area contributed by atoms with Gasteiger partial charge in [-0.15, -0.1) is 11.3 Å². The van der Waals surface area contributed by atoms with Gasteiger partial charge in [0.1, 0.15) is 0 Å². The minimum absolute atomic E-state index is 0.127. The summed E-state index contributed by atoms with van der Waals surface area (Å²) in [5, 5.41) is 8.06. The van der Waals surface area contributed by atoms with Crippen LogP contribution in [0.3, 0.4) is 0 Å². The number of carbonyl (C=O) groups excluding carboxylic acids is 1. The van der Waals surface area contributed by atoms with Crippen LogP contribution in [0.2, 0.25) is 0 Å². The molecule has 0 radical (unpaired) electrons. The van der Waals surface area contributed by atoms with Crippen molar-refractivity contribution in [2.45, 2.75) is 19.9 Å². The molecule has 0 spiro atoms. The van der Waals surface area contributed by atoms with Crippen LogP contribution in [0.25, 0.3) is 10.1 Å². The molecular weight excluding hydrogens is 284 g/mol. The average Bonchev–Trinajstić information content (AvgIpc) is 3.04. The summed E-state index contributed by atoms with van der Waals surface area (Å²) in [5.41, 5.74) is 7.16. The summed E-state index contributed by atoms with van der Waals surface area (Å²) in [6.07, 6.45) is 3.48. The van der Waals surface area contributed by atoms with Gasteiger partial charge >= 0.3 is 0 Å². The van der Waals surface area contributed by atoms with Gasteiger partial charge in [0.25, 0.3) is 5.91 Å². The number of aromatic nitrogens is 2. The maximum absolute atomic E-state index is 12.3. The standard InChI is InChI=1S/C15H16N4OS/c1-9(2)19-8-12(7-17-19)18-15(20)14-6-10-5-11(16)3-4-13(10)21-14/h3-9H,16H2,1-2H3,(H,18,20). The summed E-state index contributed by atoms with van der Waals surface area (Å²) in [6.45, 7) is 4.07. The number of carbonyl (C=O) groups is 1. The van der Waals surface area contributed by atoms with Gasteiger partial charge in [0.05, 0.1) is 16.8 Å². The molecule has 0 unspecified atom stereocenters. The molecule has 108 valence electrons. The van der Waals surface area contributed by atoms with Crippen molar-refractivity contribution in [2.75, 3.05) is 11.1 Å². The van der Waals surface area contributed by atoms with Crippen molar-refractivity contribution >= 4 is 38.7 Å². The van der Waals surface area contributed by atoms with Crippen LogP contribution in [0.4, 0.5) is 11.4 Å². The Morgan fingerprint density at radius 3 is 2.90 bits per heavy atom. The van der Waals surface area contributed by atoms with Crippen LogP contribution in [0.5, 0.6) is 0 Å². The fourth-order valence-electron chi connectivity index (χ4n) is 2.05. The van der Waals surface area contributed by atoms with E-state index in [9.17, 15) is 4.79 Å². The first-order valence-corrected chi connectivity index (χ1v) is 7.49. The van der Waals surface area contributed by atoms with Crippen molar-refractivity contribution in [1.29, 1.82) is 0 Å². The van der Waals surface area contributed by atoms with Crippen molar-refractivity contribution in [2.24, 2.45) is 0 Å². The predicted molar refractivity (Wildman–Crippen MR) is 86.8 cm³/mol. The van der Waals surface area contributed by atoms with Gasteiger partial charge in [-0.2, -0.15) is 5.10 Å². The molecule has 0 saturated heterocycles.